The van der Waals surface area contributed by atoms with Gasteiger partial charge in [-0.25, -0.2) is 4.79 Å². The first-order valence-electron chi connectivity index (χ1n) is 5.92. The molecule has 0 saturated heterocycles. The maximum atomic E-state index is 11.6. The van der Waals surface area contributed by atoms with E-state index in [0.29, 0.717) is 17.2 Å². The molecule has 5 heteroatoms. The quantitative estimate of drug-likeness (QED) is 0.762. The van der Waals surface area contributed by atoms with E-state index in [9.17, 15) is 4.79 Å². The highest BCUT2D eigenvalue weighted by molar-refractivity contribution is 5.75. The Bertz CT molecular complexity index is 466. The zero-order valence-electron chi connectivity index (χ0n) is 10.0. The summed E-state index contributed by atoms with van der Waals surface area (Å²) in [6.45, 7) is 0.224. The van der Waals surface area contributed by atoms with Gasteiger partial charge in [0.1, 0.15) is 5.75 Å². The molecule has 1 unspecified atom stereocenters. The Labute approximate surface area is 105 Å². The maximum Gasteiger partial charge on any atom is 0.347 e. The van der Waals surface area contributed by atoms with Crippen LogP contribution in [0.2, 0.25) is 0 Å². The number of hydrogen-bond acceptors (Lipinski definition) is 5. The summed E-state index contributed by atoms with van der Waals surface area (Å²) in [6, 6.07) is 5.28. The number of fused-ring (bicyclic) bond motifs is 1. The van der Waals surface area contributed by atoms with Crippen LogP contribution in [0.5, 0.6) is 17.2 Å². The van der Waals surface area contributed by atoms with Crippen LogP contribution in [-0.2, 0) is 9.53 Å². The maximum absolute atomic E-state index is 11.6. The Morgan fingerprint density at radius 3 is 2.83 bits per heavy atom. The number of benzene rings is 1. The van der Waals surface area contributed by atoms with Crippen molar-refractivity contribution in [2.45, 2.75) is 18.9 Å². The summed E-state index contributed by atoms with van der Waals surface area (Å²) in [5, 5.41) is 0. The van der Waals surface area contributed by atoms with Gasteiger partial charge in [-0.05, 0) is 25.0 Å². The molecule has 0 spiro atoms. The fourth-order valence-corrected chi connectivity index (χ4v) is 1.95. The first kappa shape index (κ1) is 11.2. The van der Waals surface area contributed by atoms with Crippen molar-refractivity contribution in [3.63, 3.8) is 0 Å². The molecule has 1 heterocycles. The van der Waals surface area contributed by atoms with E-state index in [2.05, 4.69) is 0 Å². The van der Waals surface area contributed by atoms with Gasteiger partial charge >= 0.3 is 5.97 Å². The van der Waals surface area contributed by atoms with E-state index in [1.165, 1.54) is 7.11 Å². The lowest BCUT2D eigenvalue weighted by molar-refractivity contribution is -0.149. The van der Waals surface area contributed by atoms with Gasteiger partial charge in [-0.1, -0.05) is 0 Å². The van der Waals surface area contributed by atoms with Crippen LogP contribution in [0, 0.1) is 5.92 Å². The van der Waals surface area contributed by atoms with Gasteiger partial charge < -0.3 is 18.9 Å². The molecule has 3 rings (SSSR count). The van der Waals surface area contributed by atoms with E-state index in [1.54, 1.807) is 18.2 Å². The first-order chi connectivity index (χ1) is 8.78. The van der Waals surface area contributed by atoms with Crippen LogP contribution in [0.3, 0.4) is 0 Å². The van der Waals surface area contributed by atoms with Crippen LogP contribution >= 0.6 is 0 Å². The highest BCUT2D eigenvalue weighted by Gasteiger charge is 2.39. The Morgan fingerprint density at radius 1 is 1.33 bits per heavy atom. The SMILES string of the molecule is COC(=O)C(Oc1ccc2c(c1)OCO2)C1CC1. The molecule has 1 aliphatic carbocycles. The lowest BCUT2D eigenvalue weighted by atomic mass is 10.2. The normalized spacial score (nSPS) is 18.3. The Kier molecular flexibility index (Phi) is 2.74. The van der Waals surface area contributed by atoms with Gasteiger partial charge in [0.05, 0.1) is 7.11 Å². The first-order valence-corrected chi connectivity index (χ1v) is 5.92. The van der Waals surface area contributed by atoms with Gasteiger partial charge in [0.15, 0.2) is 17.6 Å². The highest BCUT2D eigenvalue weighted by Crippen LogP contribution is 2.38. The molecular weight excluding hydrogens is 236 g/mol. The molecule has 5 nitrogen and oxygen atoms in total. The lowest BCUT2D eigenvalue weighted by Gasteiger charge is -2.16. The predicted molar refractivity (Wildman–Crippen MR) is 61.7 cm³/mol. The van der Waals surface area contributed by atoms with Crippen LogP contribution in [0.4, 0.5) is 0 Å². The standard InChI is InChI=1S/C13H14O5/c1-15-13(14)12(8-2-3-8)18-9-4-5-10-11(6-9)17-7-16-10/h4-6,8,12H,2-3,7H2,1H3. The number of hydrogen-bond donors (Lipinski definition) is 0. The second kappa shape index (κ2) is 4.40. The highest BCUT2D eigenvalue weighted by atomic mass is 16.7. The predicted octanol–water partition coefficient (Wildman–Crippen LogP) is 1.75. The van der Waals surface area contributed by atoms with E-state index >= 15 is 0 Å². The van der Waals surface area contributed by atoms with Crippen LogP contribution in [0.25, 0.3) is 0 Å². The molecule has 96 valence electrons. The summed E-state index contributed by atoms with van der Waals surface area (Å²) < 4.78 is 20.9. The smallest absolute Gasteiger partial charge is 0.347 e. The second-order valence-electron chi connectivity index (χ2n) is 4.41. The van der Waals surface area contributed by atoms with Crippen molar-refractivity contribution in [2.24, 2.45) is 5.92 Å². The van der Waals surface area contributed by atoms with Crippen LogP contribution in [0.15, 0.2) is 18.2 Å². The topological polar surface area (TPSA) is 54.0 Å². The number of rotatable bonds is 4. The summed E-state index contributed by atoms with van der Waals surface area (Å²) in [7, 11) is 1.38. The van der Waals surface area contributed by atoms with Gasteiger partial charge in [-0.3, -0.25) is 0 Å². The van der Waals surface area contributed by atoms with Crippen molar-refractivity contribution in [2.75, 3.05) is 13.9 Å². The van der Waals surface area contributed by atoms with Crippen molar-refractivity contribution in [3.8, 4) is 17.2 Å². The lowest BCUT2D eigenvalue weighted by Crippen LogP contribution is -2.30. The third-order valence-electron chi connectivity index (χ3n) is 3.09. The van der Waals surface area contributed by atoms with Gasteiger partial charge in [0.25, 0.3) is 0 Å². The molecule has 1 fully saturated rings. The largest absolute Gasteiger partial charge is 0.478 e. The molecule has 1 atom stereocenters. The van der Waals surface area contributed by atoms with Gasteiger partial charge in [-0.15, -0.1) is 0 Å². The zero-order chi connectivity index (χ0) is 12.5. The average Bonchev–Trinajstić information content (AvgIpc) is 3.12. The van der Waals surface area contributed by atoms with Gasteiger partial charge in [-0.2, -0.15) is 0 Å². The summed E-state index contributed by atoms with van der Waals surface area (Å²) in [4.78, 5) is 11.6. The summed E-state index contributed by atoms with van der Waals surface area (Å²) in [5.41, 5.74) is 0. The van der Waals surface area contributed by atoms with Crippen molar-refractivity contribution in [1.82, 2.24) is 0 Å². The Balaban J connectivity index is 1.76. The zero-order valence-corrected chi connectivity index (χ0v) is 10.0. The Morgan fingerprint density at radius 2 is 2.11 bits per heavy atom. The molecule has 1 saturated carbocycles. The van der Waals surface area contributed by atoms with Crippen LogP contribution in [0.1, 0.15) is 12.8 Å². The Hall–Kier alpha value is -1.91. The molecule has 1 aliphatic heterocycles. The second-order valence-corrected chi connectivity index (χ2v) is 4.41. The fraction of sp³-hybridized carbons (Fsp3) is 0.462. The number of methoxy groups -OCH3 is 1. The van der Waals surface area contributed by atoms with Gasteiger partial charge in [0.2, 0.25) is 6.79 Å². The molecule has 1 aromatic carbocycles. The van der Waals surface area contributed by atoms with Crippen molar-refractivity contribution < 1.29 is 23.7 Å². The van der Waals surface area contributed by atoms with Crippen molar-refractivity contribution in [3.05, 3.63) is 18.2 Å². The number of carbonyl (C=O) groups is 1. The van der Waals surface area contributed by atoms with Crippen molar-refractivity contribution in [1.29, 1.82) is 0 Å². The van der Waals surface area contributed by atoms with E-state index in [4.69, 9.17) is 18.9 Å². The molecule has 18 heavy (non-hydrogen) atoms. The monoisotopic (exact) mass is 250 g/mol. The van der Waals surface area contributed by atoms with Gasteiger partial charge in [0, 0.05) is 12.0 Å². The molecule has 0 amide bonds. The molecular formula is C13H14O5. The molecule has 0 N–H and O–H groups in total. The fourth-order valence-electron chi connectivity index (χ4n) is 1.95. The third-order valence-corrected chi connectivity index (χ3v) is 3.09. The minimum atomic E-state index is -0.518. The van der Waals surface area contributed by atoms with E-state index in [-0.39, 0.29) is 18.7 Å². The molecule has 0 aromatic heterocycles. The summed E-state index contributed by atoms with van der Waals surface area (Å²) in [6.07, 6.45) is 1.49. The van der Waals surface area contributed by atoms with E-state index < -0.39 is 6.10 Å². The number of carbonyl (C=O) groups excluding carboxylic acids is 1. The number of esters is 1. The number of ether oxygens (including phenoxy) is 4. The summed E-state index contributed by atoms with van der Waals surface area (Å²) >= 11 is 0. The molecule has 1 aromatic rings. The van der Waals surface area contributed by atoms with Crippen molar-refractivity contribution >= 4 is 5.97 Å². The molecule has 0 bridgehead atoms. The van der Waals surface area contributed by atoms with Crippen LogP contribution in [-0.4, -0.2) is 26.0 Å². The third kappa shape index (κ3) is 2.08. The van der Waals surface area contributed by atoms with Crippen LogP contribution < -0.4 is 14.2 Å². The van der Waals surface area contributed by atoms with E-state index in [1.807, 2.05) is 0 Å². The average molecular weight is 250 g/mol. The molecule has 0 radical (unpaired) electrons. The molecule has 2 aliphatic rings. The summed E-state index contributed by atoms with van der Waals surface area (Å²) in [5.74, 6) is 1.88. The minimum absolute atomic E-state index is 0.224. The van der Waals surface area contributed by atoms with E-state index in [0.717, 1.165) is 12.8 Å². The minimum Gasteiger partial charge on any atom is -0.478 e.